The number of hydrogen-bond acceptors (Lipinski definition) is 5. The van der Waals surface area contributed by atoms with Gasteiger partial charge < -0.3 is 19.5 Å². The van der Waals surface area contributed by atoms with Gasteiger partial charge in [-0.3, -0.25) is 0 Å². The highest BCUT2D eigenvalue weighted by Crippen LogP contribution is 2.29. The Morgan fingerprint density at radius 2 is 1.93 bits per heavy atom. The number of benzene rings is 2. The van der Waals surface area contributed by atoms with Crippen LogP contribution in [0.5, 0.6) is 0 Å². The summed E-state index contributed by atoms with van der Waals surface area (Å²) in [5.74, 6) is 1.35. The smallest absolute Gasteiger partial charge is 0.340 e. The summed E-state index contributed by atoms with van der Waals surface area (Å²) in [5.41, 5.74) is 3.28. The number of nitrogens with one attached hydrogen (secondary N) is 1. The zero-order valence-corrected chi connectivity index (χ0v) is 17.4. The summed E-state index contributed by atoms with van der Waals surface area (Å²) in [6.45, 7) is 5.23. The third kappa shape index (κ3) is 3.50. The van der Waals surface area contributed by atoms with Crippen LogP contribution in [0.3, 0.4) is 0 Å². The first-order valence-electron chi connectivity index (χ1n) is 10.8. The second-order valence-electron chi connectivity index (χ2n) is 8.32. The fraction of sp³-hybridized carbons (Fsp3) is 0.417. The van der Waals surface area contributed by atoms with E-state index in [9.17, 15) is 4.79 Å². The number of methoxy groups -OCH3 is 1. The number of piperidine rings is 3. The maximum atomic E-state index is 12.4. The van der Waals surface area contributed by atoms with E-state index in [-0.39, 0.29) is 5.97 Å². The van der Waals surface area contributed by atoms with Gasteiger partial charge in [0.05, 0.1) is 23.7 Å². The minimum Gasteiger partial charge on any atom is -0.465 e. The van der Waals surface area contributed by atoms with Crippen molar-refractivity contribution in [2.45, 2.75) is 25.4 Å². The van der Waals surface area contributed by atoms with Crippen LogP contribution < -0.4 is 5.32 Å². The number of carbonyl (C=O) groups excluding carboxylic acids is 1. The zero-order chi connectivity index (χ0) is 20.5. The molecule has 156 valence electrons. The third-order valence-corrected chi connectivity index (χ3v) is 6.60. The van der Waals surface area contributed by atoms with E-state index in [4.69, 9.17) is 9.72 Å². The predicted octanol–water partition coefficient (Wildman–Crippen LogP) is 3.17. The van der Waals surface area contributed by atoms with E-state index < -0.39 is 0 Å². The van der Waals surface area contributed by atoms with E-state index in [0.29, 0.717) is 11.6 Å². The summed E-state index contributed by atoms with van der Waals surface area (Å²) >= 11 is 0. The number of rotatable bonds is 6. The van der Waals surface area contributed by atoms with E-state index in [1.165, 1.54) is 33.0 Å². The molecule has 3 aliphatic rings. The van der Waals surface area contributed by atoms with Gasteiger partial charge in [0.25, 0.3) is 0 Å². The topological polar surface area (TPSA) is 59.4 Å². The molecule has 3 aromatic rings. The molecular weight excluding hydrogens is 376 g/mol. The van der Waals surface area contributed by atoms with Crippen LogP contribution in [0.1, 0.15) is 23.2 Å². The van der Waals surface area contributed by atoms with Gasteiger partial charge in [-0.1, -0.05) is 36.4 Å². The molecule has 1 N–H and O–H groups in total. The molecule has 1 aromatic heterocycles. The zero-order valence-electron chi connectivity index (χ0n) is 17.4. The summed E-state index contributed by atoms with van der Waals surface area (Å²) in [4.78, 5) is 19.9. The third-order valence-electron chi connectivity index (χ3n) is 6.60. The van der Waals surface area contributed by atoms with E-state index in [0.717, 1.165) is 48.0 Å². The molecule has 6 nitrogen and oxygen atoms in total. The number of ether oxygens (including phenoxy) is 1. The molecule has 0 amide bonds. The van der Waals surface area contributed by atoms with Gasteiger partial charge in [-0.15, -0.1) is 0 Å². The van der Waals surface area contributed by atoms with Crippen LogP contribution in [0.25, 0.3) is 22.4 Å². The van der Waals surface area contributed by atoms with Crippen molar-refractivity contribution in [3.8, 4) is 11.4 Å². The predicted molar refractivity (Wildman–Crippen MR) is 117 cm³/mol. The van der Waals surface area contributed by atoms with Crippen molar-refractivity contribution in [3.05, 3.63) is 54.1 Å². The second-order valence-corrected chi connectivity index (χ2v) is 8.32. The first kappa shape index (κ1) is 19.3. The molecule has 3 fully saturated rings. The van der Waals surface area contributed by atoms with E-state index in [1.807, 2.05) is 36.4 Å². The van der Waals surface area contributed by atoms with Crippen molar-refractivity contribution in [2.75, 3.05) is 33.3 Å². The van der Waals surface area contributed by atoms with Gasteiger partial charge in [-0.25, -0.2) is 9.78 Å². The Morgan fingerprint density at radius 1 is 1.13 bits per heavy atom. The van der Waals surface area contributed by atoms with Gasteiger partial charge in [0, 0.05) is 31.2 Å². The number of carbonyl (C=O) groups is 1. The molecule has 3 aliphatic heterocycles. The quantitative estimate of drug-likeness (QED) is 0.640. The fourth-order valence-corrected chi connectivity index (χ4v) is 5.04. The Morgan fingerprint density at radius 3 is 2.63 bits per heavy atom. The van der Waals surface area contributed by atoms with Crippen molar-refractivity contribution < 1.29 is 9.53 Å². The molecule has 3 saturated heterocycles. The van der Waals surface area contributed by atoms with Crippen molar-refractivity contribution in [1.29, 1.82) is 0 Å². The van der Waals surface area contributed by atoms with Crippen LogP contribution >= 0.6 is 0 Å². The lowest BCUT2D eigenvalue weighted by Crippen LogP contribution is -2.56. The number of aromatic nitrogens is 2. The monoisotopic (exact) mass is 404 g/mol. The Hall–Kier alpha value is -2.70. The van der Waals surface area contributed by atoms with Gasteiger partial charge in [0.2, 0.25) is 0 Å². The fourth-order valence-electron chi connectivity index (χ4n) is 5.04. The second kappa shape index (κ2) is 8.20. The first-order chi connectivity index (χ1) is 14.7. The van der Waals surface area contributed by atoms with E-state index in [1.54, 1.807) is 0 Å². The van der Waals surface area contributed by atoms with Gasteiger partial charge in [-0.2, -0.15) is 0 Å². The number of nitrogens with zero attached hydrogens (tertiary/aromatic N) is 3. The largest absolute Gasteiger partial charge is 0.465 e. The normalized spacial score (nSPS) is 23.0. The van der Waals surface area contributed by atoms with Gasteiger partial charge >= 0.3 is 5.97 Å². The van der Waals surface area contributed by atoms with Crippen molar-refractivity contribution in [1.82, 2.24) is 19.8 Å². The van der Waals surface area contributed by atoms with Gasteiger partial charge in [-0.05, 0) is 44.0 Å². The van der Waals surface area contributed by atoms with E-state index >= 15 is 0 Å². The lowest BCUT2D eigenvalue weighted by molar-refractivity contribution is 0.0602. The van der Waals surface area contributed by atoms with Crippen molar-refractivity contribution >= 4 is 17.0 Å². The number of hydrogen-bond donors (Lipinski definition) is 1. The van der Waals surface area contributed by atoms with Crippen LogP contribution in [0.15, 0.2) is 48.5 Å². The minimum absolute atomic E-state index is 0.327. The molecule has 6 rings (SSSR count). The molecule has 0 saturated carbocycles. The molecule has 0 radical (unpaired) electrons. The molecule has 2 bridgehead atoms. The highest BCUT2D eigenvalue weighted by molar-refractivity contribution is 6.03. The molecule has 0 aliphatic carbocycles. The molecule has 0 unspecified atom stereocenters. The lowest BCUT2D eigenvalue weighted by Gasteiger charge is -2.45. The molecule has 2 aromatic carbocycles. The Kier molecular flexibility index (Phi) is 5.27. The number of esters is 1. The van der Waals surface area contributed by atoms with Crippen LogP contribution in [0.4, 0.5) is 0 Å². The molecule has 0 spiro atoms. The number of imidazole rings is 1. The number of fused-ring (bicyclic) bond motifs is 4. The van der Waals surface area contributed by atoms with Crippen LogP contribution in [0, 0.1) is 5.92 Å². The summed E-state index contributed by atoms with van der Waals surface area (Å²) < 4.78 is 7.22. The van der Waals surface area contributed by atoms with Crippen LogP contribution in [0.2, 0.25) is 0 Å². The molecule has 6 heteroatoms. The van der Waals surface area contributed by atoms with Gasteiger partial charge in [0.15, 0.2) is 0 Å². The van der Waals surface area contributed by atoms with Crippen LogP contribution in [-0.2, 0) is 11.3 Å². The van der Waals surface area contributed by atoms with Gasteiger partial charge in [0.1, 0.15) is 5.82 Å². The highest BCUT2D eigenvalue weighted by Gasteiger charge is 2.33. The molecule has 1 atom stereocenters. The summed E-state index contributed by atoms with van der Waals surface area (Å²) in [5, 5.41) is 3.79. The SMILES string of the molecule is COC(=O)c1cccc2nc(-c3ccccc3)n(CCN[C@H]3CN4CCC3CC4)c12. The summed E-state index contributed by atoms with van der Waals surface area (Å²) in [7, 11) is 1.43. The van der Waals surface area contributed by atoms with Crippen molar-refractivity contribution in [3.63, 3.8) is 0 Å². The maximum absolute atomic E-state index is 12.4. The Balaban J connectivity index is 1.47. The Bertz CT molecular complexity index is 1040. The Labute approximate surface area is 176 Å². The van der Waals surface area contributed by atoms with Crippen LogP contribution in [-0.4, -0.2) is 59.8 Å². The number of para-hydroxylation sites is 1. The molecule has 30 heavy (non-hydrogen) atoms. The average molecular weight is 405 g/mol. The summed E-state index contributed by atoms with van der Waals surface area (Å²) in [6, 6.07) is 16.4. The molecule has 4 heterocycles. The lowest BCUT2D eigenvalue weighted by atomic mass is 9.84. The highest BCUT2D eigenvalue weighted by atomic mass is 16.5. The molecular formula is C24H28N4O2. The standard InChI is InChI=1S/C24H28N4O2/c1-30-24(29)19-8-5-9-20-22(19)28(23(26-20)18-6-3-2-4-7-18)15-12-25-21-16-27-13-10-17(21)11-14-27/h2-9,17,21,25H,10-16H2,1H3/t21-/m0/s1. The maximum Gasteiger partial charge on any atom is 0.340 e. The summed E-state index contributed by atoms with van der Waals surface area (Å²) in [6.07, 6.45) is 2.60. The minimum atomic E-state index is -0.327. The first-order valence-corrected chi connectivity index (χ1v) is 10.8. The van der Waals surface area contributed by atoms with E-state index in [2.05, 4.69) is 26.9 Å². The average Bonchev–Trinajstić information content (AvgIpc) is 3.19. The van der Waals surface area contributed by atoms with Crippen molar-refractivity contribution in [2.24, 2.45) is 5.92 Å².